The standard InChI is InChI=1S/C9H12INO2/c1-11-6-2-4-7(9(12)13-10)8(11)5-3-6/h4,6,8H,2-3,5H2,1H3/t6-,8?/m0/s1. The molecule has 2 bridgehead atoms. The van der Waals surface area contributed by atoms with Gasteiger partial charge in [0.25, 0.3) is 0 Å². The van der Waals surface area contributed by atoms with Crippen LogP contribution < -0.4 is 0 Å². The molecule has 0 spiro atoms. The van der Waals surface area contributed by atoms with Gasteiger partial charge in [-0.15, -0.1) is 0 Å². The summed E-state index contributed by atoms with van der Waals surface area (Å²) >= 11 is 1.65. The van der Waals surface area contributed by atoms with Crippen LogP contribution in [0.3, 0.4) is 0 Å². The smallest absolute Gasteiger partial charge is 0.344 e. The molecule has 1 fully saturated rings. The summed E-state index contributed by atoms with van der Waals surface area (Å²) in [7, 11) is 2.09. The van der Waals surface area contributed by atoms with E-state index in [0.717, 1.165) is 18.4 Å². The van der Waals surface area contributed by atoms with Crippen molar-refractivity contribution in [2.75, 3.05) is 7.05 Å². The second-order valence-corrected chi connectivity index (χ2v) is 4.11. The van der Waals surface area contributed by atoms with Gasteiger partial charge in [-0.25, -0.2) is 4.79 Å². The minimum atomic E-state index is -0.169. The van der Waals surface area contributed by atoms with Crippen LogP contribution in [0.5, 0.6) is 0 Å². The van der Waals surface area contributed by atoms with Gasteiger partial charge in [-0.3, -0.25) is 4.90 Å². The van der Waals surface area contributed by atoms with Gasteiger partial charge in [0.1, 0.15) is 0 Å². The van der Waals surface area contributed by atoms with E-state index in [-0.39, 0.29) is 5.97 Å². The van der Waals surface area contributed by atoms with Crippen molar-refractivity contribution in [2.45, 2.75) is 31.3 Å². The normalized spacial score (nSPS) is 32.9. The van der Waals surface area contributed by atoms with Crippen molar-refractivity contribution in [1.29, 1.82) is 0 Å². The summed E-state index contributed by atoms with van der Waals surface area (Å²) in [5.41, 5.74) is 0.852. The fourth-order valence-corrected chi connectivity index (χ4v) is 2.59. The van der Waals surface area contributed by atoms with Crippen LogP contribution in [0.4, 0.5) is 0 Å². The molecule has 2 aliphatic heterocycles. The first-order chi connectivity index (χ1) is 6.24. The lowest BCUT2D eigenvalue weighted by atomic mass is 10.0. The summed E-state index contributed by atoms with van der Waals surface area (Å²) in [5, 5.41) is 0. The van der Waals surface area contributed by atoms with Gasteiger partial charge in [-0.1, -0.05) is 6.08 Å². The molecule has 1 unspecified atom stereocenters. The number of nitrogens with zero attached hydrogens (tertiary/aromatic N) is 1. The summed E-state index contributed by atoms with van der Waals surface area (Å²) < 4.78 is 4.72. The van der Waals surface area contributed by atoms with Crippen molar-refractivity contribution in [1.82, 2.24) is 4.90 Å². The van der Waals surface area contributed by atoms with Crippen LogP contribution in [-0.2, 0) is 7.86 Å². The third kappa shape index (κ3) is 1.50. The number of carbonyl (C=O) groups excluding carboxylic acids is 1. The molecule has 72 valence electrons. The Bertz CT molecular complexity index is 264. The van der Waals surface area contributed by atoms with Gasteiger partial charge in [0, 0.05) is 12.1 Å². The second kappa shape index (κ2) is 3.57. The molecule has 1 saturated heterocycles. The van der Waals surface area contributed by atoms with Crippen LogP contribution in [0.2, 0.25) is 0 Å². The first-order valence-corrected chi connectivity index (χ1v) is 5.37. The minimum Gasteiger partial charge on any atom is -0.391 e. The number of rotatable bonds is 1. The summed E-state index contributed by atoms with van der Waals surface area (Å²) in [6.07, 6.45) is 5.34. The Morgan fingerprint density at radius 2 is 2.46 bits per heavy atom. The molecule has 0 aromatic heterocycles. The molecule has 13 heavy (non-hydrogen) atoms. The van der Waals surface area contributed by atoms with Crippen molar-refractivity contribution in [3.63, 3.8) is 0 Å². The average Bonchev–Trinajstić information content (AvgIpc) is 2.41. The topological polar surface area (TPSA) is 29.5 Å². The van der Waals surface area contributed by atoms with Crippen LogP contribution in [0.15, 0.2) is 11.6 Å². The number of likely N-dealkylation sites (N-methyl/N-ethyl adjacent to an activating group) is 1. The van der Waals surface area contributed by atoms with Crippen molar-refractivity contribution in [3.8, 4) is 0 Å². The highest BCUT2D eigenvalue weighted by Crippen LogP contribution is 2.34. The van der Waals surface area contributed by atoms with E-state index in [9.17, 15) is 4.79 Å². The summed E-state index contributed by atoms with van der Waals surface area (Å²) in [4.78, 5) is 13.7. The SMILES string of the molecule is CN1C2CC[C@@H]1CC=C2C(=O)OI. The lowest BCUT2D eigenvalue weighted by Crippen LogP contribution is -2.38. The highest BCUT2D eigenvalue weighted by molar-refractivity contribution is 14.1. The lowest BCUT2D eigenvalue weighted by Gasteiger charge is -2.29. The number of hydrogen-bond donors (Lipinski definition) is 0. The largest absolute Gasteiger partial charge is 0.391 e. The van der Waals surface area contributed by atoms with Crippen molar-refractivity contribution in [3.05, 3.63) is 11.6 Å². The van der Waals surface area contributed by atoms with Crippen LogP contribution in [0, 0.1) is 0 Å². The van der Waals surface area contributed by atoms with E-state index in [1.807, 2.05) is 6.08 Å². The van der Waals surface area contributed by atoms with Crippen LogP contribution in [-0.4, -0.2) is 30.0 Å². The molecular formula is C9H12INO2. The van der Waals surface area contributed by atoms with Crippen LogP contribution >= 0.6 is 23.0 Å². The Labute approximate surface area is 91.8 Å². The van der Waals surface area contributed by atoms with Crippen LogP contribution in [0.1, 0.15) is 19.3 Å². The van der Waals surface area contributed by atoms with Gasteiger partial charge in [0.15, 0.2) is 23.0 Å². The third-order valence-electron chi connectivity index (χ3n) is 3.12. The molecule has 2 atom stereocenters. The Morgan fingerprint density at radius 3 is 3.15 bits per heavy atom. The Balaban J connectivity index is 2.21. The van der Waals surface area contributed by atoms with E-state index in [4.69, 9.17) is 3.07 Å². The maximum atomic E-state index is 11.4. The summed E-state index contributed by atoms with van der Waals surface area (Å²) in [6, 6.07) is 0.955. The molecule has 0 radical (unpaired) electrons. The van der Waals surface area contributed by atoms with E-state index < -0.39 is 0 Å². The molecular weight excluding hydrogens is 281 g/mol. The highest BCUT2D eigenvalue weighted by atomic mass is 127. The average molecular weight is 293 g/mol. The number of halogens is 1. The molecule has 2 aliphatic rings. The zero-order chi connectivity index (χ0) is 9.42. The molecule has 0 saturated carbocycles. The molecule has 3 nitrogen and oxygen atoms in total. The molecule has 0 aromatic rings. The van der Waals surface area contributed by atoms with Gasteiger partial charge >= 0.3 is 5.97 Å². The molecule has 0 aromatic carbocycles. The first-order valence-electron chi connectivity index (χ1n) is 4.49. The van der Waals surface area contributed by atoms with Gasteiger partial charge in [-0.05, 0) is 26.3 Å². The van der Waals surface area contributed by atoms with Gasteiger partial charge in [0.2, 0.25) is 0 Å². The van der Waals surface area contributed by atoms with E-state index in [1.165, 1.54) is 6.42 Å². The molecule has 2 heterocycles. The number of hydrogen-bond acceptors (Lipinski definition) is 3. The molecule has 2 rings (SSSR count). The summed E-state index contributed by atoms with van der Waals surface area (Å²) in [5.74, 6) is -0.169. The maximum absolute atomic E-state index is 11.4. The minimum absolute atomic E-state index is 0.169. The number of fused-ring (bicyclic) bond motifs is 2. The third-order valence-corrected chi connectivity index (χ3v) is 3.52. The molecule has 0 N–H and O–H groups in total. The summed E-state index contributed by atoms with van der Waals surface area (Å²) in [6.45, 7) is 0. The zero-order valence-corrected chi connectivity index (χ0v) is 9.65. The molecule has 0 aliphatic carbocycles. The molecule has 0 amide bonds. The van der Waals surface area contributed by atoms with Crippen LogP contribution in [0.25, 0.3) is 0 Å². The second-order valence-electron chi connectivity index (χ2n) is 3.67. The van der Waals surface area contributed by atoms with Gasteiger partial charge in [0.05, 0.1) is 5.57 Å². The Kier molecular flexibility index (Phi) is 2.60. The van der Waals surface area contributed by atoms with Crippen molar-refractivity contribution >= 4 is 29.0 Å². The van der Waals surface area contributed by atoms with E-state index in [1.54, 1.807) is 23.0 Å². The van der Waals surface area contributed by atoms with Gasteiger partial charge < -0.3 is 3.07 Å². The van der Waals surface area contributed by atoms with E-state index >= 15 is 0 Å². The Hall–Kier alpha value is -0.100. The highest BCUT2D eigenvalue weighted by Gasteiger charge is 2.38. The van der Waals surface area contributed by atoms with Gasteiger partial charge in [-0.2, -0.15) is 0 Å². The van der Waals surface area contributed by atoms with E-state index in [0.29, 0.717) is 12.1 Å². The number of carbonyl (C=O) groups is 1. The maximum Gasteiger partial charge on any atom is 0.344 e. The first kappa shape index (κ1) is 9.45. The van der Waals surface area contributed by atoms with Crippen molar-refractivity contribution in [2.24, 2.45) is 0 Å². The lowest BCUT2D eigenvalue weighted by molar-refractivity contribution is -0.128. The fraction of sp³-hybridized carbons (Fsp3) is 0.667. The van der Waals surface area contributed by atoms with Crippen molar-refractivity contribution < 1.29 is 7.86 Å². The predicted octanol–water partition coefficient (Wildman–Crippen LogP) is 1.67. The monoisotopic (exact) mass is 293 g/mol. The van der Waals surface area contributed by atoms with E-state index in [2.05, 4.69) is 11.9 Å². The predicted molar refractivity (Wildman–Crippen MR) is 57.4 cm³/mol. The quantitative estimate of drug-likeness (QED) is 0.689. The molecule has 4 heteroatoms. The Morgan fingerprint density at radius 1 is 1.69 bits per heavy atom. The zero-order valence-electron chi connectivity index (χ0n) is 7.50. The fourth-order valence-electron chi connectivity index (χ4n) is 2.33.